The molecule has 0 saturated heterocycles. The minimum atomic E-state index is -0.530. The molecule has 18 heavy (non-hydrogen) atoms. The van der Waals surface area contributed by atoms with Crippen LogP contribution >= 0.6 is 23.4 Å². The minimum absolute atomic E-state index is 0.0860. The maximum atomic E-state index is 12.1. The van der Waals surface area contributed by atoms with E-state index in [1.807, 2.05) is 18.4 Å². The first-order valence-electron chi connectivity index (χ1n) is 5.21. The lowest BCUT2D eigenvalue weighted by molar-refractivity contribution is 0.846. The number of hydrogen-bond donors (Lipinski definition) is 1. The Balaban J connectivity index is 2.84. The first kappa shape index (κ1) is 13.0. The summed E-state index contributed by atoms with van der Waals surface area (Å²) < 4.78 is 1.10. The number of para-hydroxylation sites is 1. The van der Waals surface area contributed by atoms with Crippen LogP contribution in [-0.4, -0.2) is 15.8 Å². The summed E-state index contributed by atoms with van der Waals surface area (Å²) in [6.07, 6.45) is 1.89. The molecule has 0 spiro atoms. The zero-order valence-corrected chi connectivity index (χ0v) is 11.4. The van der Waals surface area contributed by atoms with Crippen LogP contribution in [0, 0.1) is 6.92 Å². The van der Waals surface area contributed by atoms with Crippen molar-refractivity contribution in [2.75, 3.05) is 6.26 Å². The number of rotatable bonds is 2. The van der Waals surface area contributed by atoms with E-state index < -0.39 is 11.2 Å². The molecule has 0 radical (unpaired) electrons. The topological polar surface area (TPSA) is 54.9 Å². The number of nitrogens with one attached hydrogen (secondary N) is 1. The predicted molar refractivity (Wildman–Crippen MR) is 74.2 cm³/mol. The van der Waals surface area contributed by atoms with Gasteiger partial charge in [-0.05, 0) is 25.3 Å². The molecule has 0 atom stereocenters. The van der Waals surface area contributed by atoms with E-state index in [1.165, 1.54) is 11.8 Å². The van der Waals surface area contributed by atoms with Gasteiger partial charge in [0.05, 0.1) is 11.3 Å². The van der Waals surface area contributed by atoms with E-state index in [-0.39, 0.29) is 5.15 Å². The fourth-order valence-corrected chi connectivity index (χ4v) is 2.38. The summed E-state index contributed by atoms with van der Waals surface area (Å²) in [5.74, 6) is 0. The Kier molecular flexibility index (Phi) is 3.63. The first-order chi connectivity index (χ1) is 8.56. The smallest absolute Gasteiger partial charge is 0.297 e. The predicted octanol–water partition coefficient (Wildman–Crippen LogP) is 2.21. The molecule has 0 amide bonds. The van der Waals surface area contributed by atoms with Crippen molar-refractivity contribution in [3.05, 3.63) is 55.8 Å². The van der Waals surface area contributed by atoms with Crippen LogP contribution in [-0.2, 0) is 0 Å². The van der Waals surface area contributed by atoms with E-state index in [4.69, 9.17) is 11.6 Å². The normalized spacial score (nSPS) is 10.6. The van der Waals surface area contributed by atoms with Crippen LogP contribution < -0.4 is 11.2 Å². The van der Waals surface area contributed by atoms with Crippen molar-refractivity contribution in [3.63, 3.8) is 0 Å². The Labute approximate surface area is 113 Å². The quantitative estimate of drug-likeness (QED) is 0.679. The van der Waals surface area contributed by atoms with Crippen molar-refractivity contribution in [2.24, 2.45) is 0 Å². The second-order valence-electron chi connectivity index (χ2n) is 3.68. The highest BCUT2D eigenvalue weighted by Gasteiger charge is 2.12. The van der Waals surface area contributed by atoms with E-state index in [0.29, 0.717) is 11.3 Å². The lowest BCUT2D eigenvalue weighted by Crippen LogP contribution is -2.35. The van der Waals surface area contributed by atoms with Crippen LogP contribution in [0.25, 0.3) is 5.69 Å². The third kappa shape index (κ3) is 2.11. The van der Waals surface area contributed by atoms with Crippen molar-refractivity contribution < 1.29 is 0 Å². The molecule has 1 aromatic carbocycles. The standard InChI is InChI=1S/C12H11ClN2O2S/c1-7-10(13)14-12(17)15(11(7)16)8-5-3-4-6-9(8)18-2/h3-6H,1-2H3,(H,14,17). The molecule has 2 rings (SSSR count). The molecule has 1 N–H and O–H groups in total. The third-order valence-electron chi connectivity index (χ3n) is 2.60. The molecule has 0 aliphatic carbocycles. The number of benzene rings is 1. The van der Waals surface area contributed by atoms with Gasteiger partial charge in [-0.15, -0.1) is 11.8 Å². The zero-order chi connectivity index (χ0) is 13.3. The Morgan fingerprint density at radius 3 is 2.61 bits per heavy atom. The molecule has 0 fully saturated rings. The summed E-state index contributed by atoms with van der Waals surface area (Å²) in [4.78, 5) is 27.3. The Hall–Kier alpha value is -1.46. The number of aromatic nitrogens is 2. The highest BCUT2D eigenvalue weighted by molar-refractivity contribution is 7.98. The van der Waals surface area contributed by atoms with E-state index in [9.17, 15) is 9.59 Å². The van der Waals surface area contributed by atoms with Crippen LogP contribution in [0.5, 0.6) is 0 Å². The van der Waals surface area contributed by atoms with Crippen molar-refractivity contribution in [3.8, 4) is 5.69 Å². The van der Waals surface area contributed by atoms with E-state index >= 15 is 0 Å². The highest BCUT2D eigenvalue weighted by atomic mass is 35.5. The lowest BCUT2D eigenvalue weighted by Gasteiger charge is -2.10. The minimum Gasteiger partial charge on any atom is -0.297 e. The average Bonchev–Trinajstić information content (AvgIpc) is 2.37. The lowest BCUT2D eigenvalue weighted by atomic mass is 10.3. The number of H-pyrrole nitrogens is 1. The van der Waals surface area contributed by atoms with Gasteiger partial charge in [0.2, 0.25) is 0 Å². The summed E-state index contributed by atoms with van der Waals surface area (Å²) in [5, 5.41) is 0.0860. The van der Waals surface area contributed by atoms with Crippen molar-refractivity contribution in [1.29, 1.82) is 0 Å². The Bertz CT molecular complexity index is 706. The number of nitrogens with zero attached hydrogens (tertiary/aromatic N) is 1. The van der Waals surface area contributed by atoms with Crippen LogP contribution in [0.4, 0.5) is 0 Å². The Morgan fingerprint density at radius 1 is 1.28 bits per heavy atom. The molecular weight excluding hydrogens is 272 g/mol. The number of thioether (sulfide) groups is 1. The largest absolute Gasteiger partial charge is 0.334 e. The number of halogens is 1. The van der Waals surface area contributed by atoms with Crippen LogP contribution in [0.1, 0.15) is 5.56 Å². The monoisotopic (exact) mass is 282 g/mol. The molecule has 0 aliphatic rings. The third-order valence-corrected chi connectivity index (χ3v) is 3.76. The molecule has 0 bridgehead atoms. The van der Waals surface area contributed by atoms with E-state index in [2.05, 4.69) is 4.98 Å². The van der Waals surface area contributed by atoms with E-state index in [1.54, 1.807) is 19.1 Å². The average molecular weight is 283 g/mol. The van der Waals surface area contributed by atoms with Gasteiger partial charge < -0.3 is 0 Å². The van der Waals surface area contributed by atoms with Gasteiger partial charge in [-0.1, -0.05) is 23.7 Å². The first-order valence-corrected chi connectivity index (χ1v) is 6.81. The van der Waals surface area contributed by atoms with Crippen LogP contribution in [0.2, 0.25) is 5.15 Å². The molecule has 0 saturated carbocycles. The van der Waals surface area contributed by atoms with Crippen molar-refractivity contribution >= 4 is 23.4 Å². The summed E-state index contributed by atoms with van der Waals surface area (Å²) in [6, 6.07) is 7.23. The van der Waals surface area contributed by atoms with Crippen LogP contribution in [0.15, 0.2) is 38.8 Å². The summed E-state index contributed by atoms with van der Waals surface area (Å²) >= 11 is 7.25. The van der Waals surface area contributed by atoms with Crippen molar-refractivity contribution in [1.82, 2.24) is 9.55 Å². The van der Waals surface area contributed by atoms with Gasteiger partial charge in [0, 0.05) is 4.90 Å². The SMILES string of the molecule is CSc1ccccc1-n1c(=O)[nH]c(Cl)c(C)c1=O. The molecule has 1 aromatic heterocycles. The molecule has 1 heterocycles. The molecule has 4 nitrogen and oxygen atoms in total. The Morgan fingerprint density at radius 2 is 1.94 bits per heavy atom. The summed E-state index contributed by atoms with van der Waals surface area (Å²) in [5.41, 5.74) is -0.0365. The molecule has 94 valence electrons. The second kappa shape index (κ2) is 5.04. The van der Waals surface area contributed by atoms with Gasteiger partial charge in [0.15, 0.2) is 0 Å². The van der Waals surface area contributed by atoms with Gasteiger partial charge in [-0.2, -0.15) is 0 Å². The molecule has 0 aliphatic heterocycles. The van der Waals surface area contributed by atoms with Gasteiger partial charge in [-0.25, -0.2) is 9.36 Å². The molecule has 2 aromatic rings. The zero-order valence-electron chi connectivity index (χ0n) is 9.86. The molecular formula is C12H11ClN2O2S. The van der Waals surface area contributed by atoms with Gasteiger partial charge >= 0.3 is 5.69 Å². The van der Waals surface area contributed by atoms with Gasteiger partial charge in [0.1, 0.15) is 5.15 Å². The van der Waals surface area contributed by atoms with Gasteiger partial charge in [0.25, 0.3) is 5.56 Å². The van der Waals surface area contributed by atoms with Crippen LogP contribution in [0.3, 0.4) is 0 Å². The molecule has 0 unspecified atom stereocenters. The second-order valence-corrected chi connectivity index (χ2v) is 4.91. The fourth-order valence-electron chi connectivity index (χ4n) is 1.63. The van der Waals surface area contributed by atoms with Crippen molar-refractivity contribution in [2.45, 2.75) is 11.8 Å². The van der Waals surface area contributed by atoms with Gasteiger partial charge in [-0.3, -0.25) is 9.78 Å². The molecule has 6 heteroatoms. The van der Waals surface area contributed by atoms with E-state index in [0.717, 1.165) is 9.46 Å². The summed E-state index contributed by atoms with van der Waals surface area (Å²) in [7, 11) is 0. The summed E-state index contributed by atoms with van der Waals surface area (Å²) in [6.45, 7) is 1.58. The number of hydrogen-bond acceptors (Lipinski definition) is 3. The number of aromatic amines is 1. The maximum Gasteiger partial charge on any atom is 0.334 e. The fraction of sp³-hybridized carbons (Fsp3) is 0.167. The maximum absolute atomic E-state index is 12.1. The highest BCUT2D eigenvalue weighted by Crippen LogP contribution is 2.21.